The second kappa shape index (κ2) is 6.32. The van der Waals surface area contributed by atoms with Crippen LogP contribution in [0.2, 0.25) is 0 Å². The third kappa shape index (κ3) is 3.62. The van der Waals surface area contributed by atoms with Gasteiger partial charge in [0.15, 0.2) is 25.4 Å². The smallest absolute Gasteiger partial charge is 0.361 e. The Hall–Kier alpha value is -2.27. The van der Waals surface area contributed by atoms with Gasteiger partial charge in [-0.25, -0.2) is 21.6 Å². The fraction of sp³-hybridized carbons (Fsp3) is 0.308. The van der Waals surface area contributed by atoms with Crippen molar-refractivity contribution in [3.05, 3.63) is 23.9 Å². The van der Waals surface area contributed by atoms with Crippen molar-refractivity contribution in [2.45, 2.75) is 16.7 Å². The highest BCUT2D eigenvalue weighted by Gasteiger charge is 2.25. The van der Waals surface area contributed by atoms with Crippen LogP contribution in [0.1, 0.15) is 17.4 Å². The van der Waals surface area contributed by atoms with Crippen LogP contribution in [0.4, 0.5) is 0 Å². The van der Waals surface area contributed by atoms with E-state index in [1.54, 1.807) is 6.92 Å². The Labute approximate surface area is 138 Å². The molecule has 1 aromatic carbocycles. The van der Waals surface area contributed by atoms with E-state index in [-0.39, 0.29) is 33.3 Å². The minimum atomic E-state index is -3.80. The second-order valence-electron chi connectivity index (χ2n) is 4.94. The summed E-state index contributed by atoms with van der Waals surface area (Å²) in [6.45, 7) is 1.72. The lowest BCUT2D eigenvalue weighted by Gasteiger charge is -2.09. The first-order valence-electron chi connectivity index (χ1n) is 6.68. The lowest BCUT2D eigenvalue weighted by Crippen LogP contribution is -2.09. The lowest BCUT2D eigenvalue weighted by molar-refractivity contribution is 0.0520. The van der Waals surface area contributed by atoms with E-state index in [2.05, 4.69) is 15.4 Å². The molecule has 0 spiro atoms. The molecule has 0 fully saturated rings. The number of aromatic amines is 1. The number of rotatable bonds is 5. The Balaban J connectivity index is 2.73. The molecule has 0 atom stereocenters. The van der Waals surface area contributed by atoms with Crippen LogP contribution in [0.15, 0.2) is 28.0 Å². The first-order chi connectivity index (χ1) is 11.1. The van der Waals surface area contributed by atoms with Crippen molar-refractivity contribution < 1.29 is 26.4 Å². The van der Waals surface area contributed by atoms with Gasteiger partial charge in [0.1, 0.15) is 5.69 Å². The van der Waals surface area contributed by atoms with Gasteiger partial charge in [0.2, 0.25) is 0 Å². The van der Waals surface area contributed by atoms with Gasteiger partial charge in [0, 0.05) is 18.1 Å². The molecule has 0 saturated heterocycles. The molecule has 1 aromatic heterocycles. The van der Waals surface area contributed by atoms with Gasteiger partial charge in [-0.1, -0.05) is 6.07 Å². The maximum atomic E-state index is 12.1. The molecule has 24 heavy (non-hydrogen) atoms. The van der Waals surface area contributed by atoms with Crippen molar-refractivity contribution in [3.63, 3.8) is 0 Å². The summed E-state index contributed by atoms with van der Waals surface area (Å²) in [4.78, 5) is 11.5. The normalized spacial score (nSPS) is 12.1. The number of H-pyrrole nitrogens is 1. The lowest BCUT2D eigenvalue weighted by atomic mass is 10.1. The topological polar surface area (TPSA) is 136 Å². The molecule has 2 aromatic rings. The number of carbonyl (C=O) groups excluding carboxylic acids is 1. The van der Waals surface area contributed by atoms with Gasteiger partial charge in [0.05, 0.1) is 16.4 Å². The molecule has 1 N–H and O–H groups in total. The number of hydrogen-bond acceptors (Lipinski definition) is 8. The molecule has 9 nitrogen and oxygen atoms in total. The molecule has 0 radical (unpaired) electrons. The summed E-state index contributed by atoms with van der Waals surface area (Å²) in [5.74, 6) is -0.770. The summed E-state index contributed by atoms with van der Waals surface area (Å²) in [5.41, 5.74) is -0.163. The molecule has 0 aliphatic carbocycles. The highest BCUT2D eigenvalue weighted by atomic mass is 32.2. The quantitative estimate of drug-likeness (QED) is 0.746. The highest BCUT2D eigenvalue weighted by Crippen LogP contribution is 2.30. The minimum Gasteiger partial charge on any atom is -0.461 e. The molecule has 0 saturated carbocycles. The van der Waals surface area contributed by atoms with E-state index in [0.717, 1.165) is 18.6 Å². The van der Waals surface area contributed by atoms with Crippen molar-refractivity contribution in [2.75, 3.05) is 19.1 Å². The van der Waals surface area contributed by atoms with Crippen LogP contribution in [-0.4, -0.2) is 57.3 Å². The van der Waals surface area contributed by atoms with Crippen molar-refractivity contribution in [1.29, 1.82) is 0 Å². The number of esters is 1. The predicted octanol–water partition coefficient (Wildman–Crippen LogP) is 0.455. The number of aromatic nitrogens is 3. The number of sulfone groups is 2. The fourth-order valence-electron chi connectivity index (χ4n) is 2.00. The van der Waals surface area contributed by atoms with Gasteiger partial charge in [-0.05, 0) is 19.1 Å². The van der Waals surface area contributed by atoms with Crippen LogP contribution in [-0.2, 0) is 24.4 Å². The first kappa shape index (κ1) is 18.1. The van der Waals surface area contributed by atoms with E-state index in [0.29, 0.717) is 0 Å². The van der Waals surface area contributed by atoms with E-state index >= 15 is 0 Å². The van der Waals surface area contributed by atoms with Gasteiger partial charge in [-0.3, -0.25) is 0 Å². The molecule has 0 amide bonds. The van der Waals surface area contributed by atoms with E-state index in [4.69, 9.17) is 4.74 Å². The van der Waals surface area contributed by atoms with Crippen molar-refractivity contribution >= 4 is 25.6 Å². The zero-order chi connectivity index (χ0) is 18.1. The Bertz CT molecular complexity index is 992. The Kier molecular flexibility index (Phi) is 4.76. The first-order valence-corrected chi connectivity index (χ1v) is 10.5. The van der Waals surface area contributed by atoms with Crippen LogP contribution < -0.4 is 0 Å². The van der Waals surface area contributed by atoms with Crippen molar-refractivity contribution in [2.24, 2.45) is 0 Å². The molecule has 0 unspecified atom stereocenters. The van der Waals surface area contributed by atoms with Gasteiger partial charge < -0.3 is 4.74 Å². The van der Waals surface area contributed by atoms with Gasteiger partial charge >= 0.3 is 5.97 Å². The fourth-order valence-corrected chi connectivity index (χ4v) is 3.62. The maximum absolute atomic E-state index is 12.1. The average Bonchev–Trinajstić information content (AvgIpc) is 2.94. The summed E-state index contributed by atoms with van der Waals surface area (Å²) in [7, 11) is -7.40. The maximum Gasteiger partial charge on any atom is 0.361 e. The van der Waals surface area contributed by atoms with Gasteiger partial charge in [0.25, 0.3) is 0 Å². The molecule has 0 bridgehead atoms. The van der Waals surface area contributed by atoms with E-state index < -0.39 is 25.6 Å². The van der Waals surface area contributed by atoms with Gasteiger partial charge in [-0.15, -0.1) is 5.10 Å². The standard InChI is InChI=1S/C13H15N3O6S2/c1-4-22-13(17)12-11(14-16-15-12)9-6-5-8(23(2,18)19)7-10(9)24(3,20)21/h5-7H,4H2,1-3H3,(H,14,15,16). The molecular weight excluding hydrogens is 358 g/mol. The molecule has 1 heterocycles. The minimum absolute atomic E-state index is 0.0334. The predicted molar refractivity (Wildman–Crippen MR) is 84.0 cm³/mol. The SMILES string of the molecule is CCOC(=O)c1n[nH]nc1-c1ccc(S(C)(=O)=O)cc1S(C)(=O)=O. The molecule has 0 aliphatic rings. The highest BCUT2D eigenvalue weighted by molar-refractivity contribution is 7.91. The van der Waals surface area contributed by atoms with E-state index in [9.17, 15) is 21.6 Å². The van der Waals surface area contributed by atoms with E-state index in [1.807, 2.05) is 0 Å². The summed E-state index contributed by atoms with van der Waals surface area (Å²) in [5, 5.41) is 9.73. The largest absolute Gasteiger partial charge is 0.461 e. The van der Waals surface area contributed by atoms with Crippen LogP contribution >= 0.6 is 0 Å². The summed E-state index contributed by atoms with van der Waals surface area (Å²) in [6, 6.07) is 3.54. The summed E-state index contributed by atoms with van der Waals surface area (Å²) >= 11 is 0. The number of nitrogens with one attached hydrogen (secondary N) is 1. The number of hydrogen-bond donors (Lipinski definition) is 1. The van der Waals surface area contributed by atoms with Crippen LogP contribution in [0, 0.1) is 0 Å². The van der Waals surface area contributed by atoms with Crippen molar-refractivity contribution in [3.8, 4) is 11.3 Å². The zero-order valence-electron chi connectivity index (χ0n) is 13.1. The molecule has 130 valence electrons. The number of benzene rings is 1. The Morgan fingerprint density at radius 2 is 1.79 bits per heavy atom. The van der Waals surface area contributed by atoms with Gasteiger partial charge in [-0.2, -0.15) is 10.3 Å². The second-order valence-corrected chi connectivity index (χ2v) is 8.94. The monoisotopic (exact) mass is 373 g/mol. The zero-order valence-corrected chi connectivity index (χ0v) is 14.7. The third-order valence-corrected chi connectivity index (χ3v) is 5.30. The molecule has 11 heteroatoms. The molecular formula is C13H15N3O6S2. The number of carbonyl (C=O) groups is 1. The van der Waals surface area contributed by atoms with Crippen molar-refractivity contribution in [1.82, 2.24) is 15.4 Å². The molecule has 2 rings (SSSR count). The van der Waals surface area contributed by atoms with Crippen LogP contribution in [0.3, 0.4) is 0 Å². The Morgan fingerprint density at radius 1 is 1.12 bits per heavy atom. The summed E-state index contributed by atoms with van der Waals surface area (Å²) in [6.07, 6.45) is 1.90. The van der Waals surface area contributed by atoms with Crippen LogP contribution in [0.25, 0.3) is 11.3 Å². The number of ether oxygens (including phenoxy) is 1. The van der Waals surface area contributed by atoms with E-state index in [1.165, 1.54) is 12.1 Å². The van der Waals surface area contributed by atoms with Crippen LogP contribution in [0.5, 0.6) is 0 Å². The third-order valence-electron chi connectivity index (χ3n) is 3.05. The summed E-state index contributed by atoms with van der Waals surface area (Å²) < 4.78 is 52.3. The molecule has 0 aliphatic heterocycles. The number of nitrogens with zero attached hydrogens (tertiary/aromatic N) is 2. The Morgan fingerprint density at radius 3 is 2.33 bits per heavy atom. The average molecular weight is 373 g/mol.